The van der Waals surface area contributed by atoms with Gasteiger partial charge in [-0.1, -0.05) is 43.8 Å². The van der Waals surface area contributed by atoms with Crippen molar-refractivity contribution in [1.82, 2.24) is 0 Å². The first kappa shape index (κ1) is 24.5. The van der Waals surface area contributed by atoms with Crippen LogP contribution in [0.4, 0.5) is 0 Å². The number of hydrogen-bond acceptors (Lipinski definition) is 5. The molecule has 3 aromatic rings. The second-order valence-corrected chi connectivity index (χ2v) is 7.53. The van der Waals surface area contributed by atoms with Crippen LogP contribution in [0, 0.1) is 0 Å². The molecule has 0 bridgehead atoms. The molecular weight excluding hydrogens is 432 g/mol. The molecule has 0 aliphatic rings. The summed E-state index contributed by atoms with van der Waals surface area (Å²) in [5.74, 6) is -1.24. The van der Waals surface area contributed by atoms with Crippen LogP contribution in [0.1, 0.15) is 44.3 Å². The molecule has 0 aliphatic heterocycles. The largest absolute Gasteiger partial charge is 0.497 e. The Morgan fingerprint density at radius 2 is 1.56 bits per heavy atom. The van der Waals surface area contributed by atoms with Crippen LogP contribution in [0.3, 0.4) is 0 Å². The van der Waals surface area contributed by atoms with Crippen molar-refractivity contribution < 1.29 is 29.0 Å². The Hall–Kier alpha value is -4.19. The quantitative estimate of drug-likeness (QED) is 0.333. The van der Waals surface area contributed by atoms with Gasteiger partial charge in [-0.05, 0) is 47.9 Å². The smallest absolute Gasteiger partial charge is 0.307 e. The number of carboxylic acids is 1. The number of ketones is 2. The average Bonchev–Trinajstić information content (AvgIpc) is 2.87. The van der Waals surface area contributed by atoms with Crippen molar-refractivity contribution >= 4 is 17.5 Å². The van der Waals surface area contributed by atoms with E-state index in [1.165, 1.54) is 14.2 Å². The minimum absolute atomic E-state index is 0.0493. The standard InChI is InChI=1S/C28H26O6/c1-5-20-24(17-10-8-7-9-11-17)26(27(32)18-12-14-19(33-3)15-13-18)21(16-23(30)31)25(22(29)6-2)28(20)34-4/h6-15H,2,5,16H2,1,3-4H3,(H,30,31). The van der Waals surface area contributed by atoms with E-state index in [0.29, 0.717) is 28.9 Å². The number of rotatable bonds is 10. The third-order valence-electron chi connectivity index (χ3n) is 5.62. The predicted octanol–water partition coefficient (Wildman–Crippen LogP) is 5.16. The van der Waals surface area contributed by atoms with Crippen molar-refractivity contribution in [1.29, 1.82) is 0 Å². The SMILES string of the molecule is C=CC(=O)c1c(CC(=O)O)c(C(=O)c2ccc(OC)cc2)c(-c2ccccc2)c(CC)c1OC. The van der Waals surface area contributed by atoms with E-state index >= 15 is 0 Å². The molecule has 6 nitrogen and oxygen atoms in total. The zero-order chi connectivity index (χ0) is 24.8. The molecule has 34 heavy (non-hydrogen) atoms. The Balaban J connectivity index is 2.52. The van der Waals surface area contributed by atoms with E-state index in [0.717, 1.165) is 11.6 Å². The molecule has 0 aliphatic carbocycles. The van der Waals surface area contributed by atoms with Gasteiger partial charge in [0.25, 0.3) is 0 Å². The molecule has 0 saturated heterocycles. The van der Waals surface area contributed by atoms with Crippen molar-refractivity contribution in [3.63, 3.8) is 0 Å². The van der Waals surface area contributed by atoms with Gasteiger partial charge in [-0.3, -0.25) is 14.4 Å². The summed E-state index contributed by atoms with van der Waals surface area (Å²) < 4.78 is 10.9. The Morgan fingerprint density at radius 3 is 2.06 bits per heavy atom. The van der Waals surface area contributed by atoms with Gasteiger partial charge in [-0.25, -0.2) is 0 Å². The topological polar surface area (TPSA) is 89.9 Å². The van der Waals surface area contributed by atoms with Crippen molar-refractivity contribution in [2.45, 2.75) is 19.8 Å². The number of hydrogen-bond donors (Lipinski definition) is 1. The fourth-order valence-corrected chi connectivity index (χ4v) is 4.14. The first-order valence-corrected chi connectivity index (χ1v) is 10.8. The third kappa shape index (κ3) is 4.62. The highest BCUT2D eigenvalue weighted by atomic mass is 16.5. The Kier molecular flexibility index (Phi) is 7.64. The average molecular weight is 459 g/mol. The lowest BCUT2D eigenvalue weighted by molar-refractivity contribution is -0.136. The van der Waals surface area contributed by atoms with Crippen molar-refractivity contribution in [3.8, 4) is 22.6 Å². The minimum atomic E-state index is -1.17. The summed E-state index contributed by atoms with van der Waals surface area (Å²) in [6, 6.07) is 15.8. The summed E-state index contributed by atoms with van der Waals surface area (Å²) in [6.45, 7) is 5.46. The lowest BCUT2D eigenvalue weighted by Crippen LogP contribution is -2.19. The van der Waals surface area contributed by atoms with Gasteiger partial charge >= 0.3 is 5.97 Å². The molecule has 0 fully saturated rings. The summed E-state index contributed by atoms with van der Waals surface area (Å²) in [5, 5.41) is 9.74. The van der Waals surface area contributed by atoms with Crippen LogP contribution < -0.4 is 9.47 Å². The highest BCUT2D eigenvalue weighted by Crippen LogP contribution is 2.42. The van der Waals surface area contributed by atoms with Gasteiger partial charge in [0.2, 0.25) is 0 Å². The lowest BCUT2D eigenvalue weighted by Gasteiger charge is -2.24. The third-order valence-corrected chi connectivity index (χ3v) is 5.62. The van der Waals surface area contributed by atoms with Gasteiger partial charge in [0.05, 0.1) is 26.2 Å². The van der Waals surface area contributed by atoms with E-state index in [1.807, 2.05) is 37.3 Å². The van der Waals surface area contributed by atoms with E-state index in [1.54, 1.807) is 24.3 Å². The van der Waals surface area contributed by atoms with Gasteiger partial charge in [0.15, 0.2) is 11.6 Å². The van der Waals surface area contributed by atoms with Crippen molar-refractivity contribution in [2.24, 2.45) is 0 Å². The molecule has 0 spiro atoms. The van der Waals surface area contributed by atoms with Crippen LogP contribution in [0.15, 0.2) is 67.3 Å². The predicted molar refractivity (Wildman–Crippen MR) is 130 cm³/mol. The zero-order valence-electron chi connectivity index (χ0n) is 19.4. The molecule has 3 rings (SSSR count). The molecular formula is C28H26O6. The number of benzene rings is 3. The maximum atomic E-state index is 14.0. The molecule has 0 unspecified atom stereocenters. The molecule has 174 valence electrons. The van der Waals surface area contributed by atoms with Crippen molar-refractivity contribution in [3.05, 3.63) is 95.1 Å². The molecule has 0 amide bonds. The molecule has 0 heterocycles. The summed E-state index contributed by atoms with van der Waals surface area (Å²) >= 11 is 0. The Labute approximate surface area is 198 Å². The first-order valence-electron chi connectivity index (χ1n) is 10.8. The van der Waals surface area contributed by atoms with Crippen LogP contribution in [0.2, 0.25) is 0 Å². The number of carboxylic acid groups (broad SMARTS) is 1. The molecule has 0 radical (unpaired) electrons. The fourth-order valence-electron chi connectivity index (χ4n) is 4.14. The molecule has 0 aromatic heterocycles. The van der Waals surface area contributed by atoms with Gasteiger partial charge in [-0.2, -0.15) is 0 Å². The summed E-state index contributed by atoms with van der Waals surface area (Å²) in [5.41, 5.74) is 2.58. The van der Waals surface area contributed by atoms with Crippen LogP contribution in [0.5, 0.6) is 11.5 Å². The van der Waals surface area contributed by atoms with Crippen LogP contribution in [0.25, 0.3) is 11.1 Å². The summed E-state index contributed by atoms with van der Waals surface area (Å²) in [7, 11) is 2.96. The highest BCUT2D eigenvalue weighted by molar-refractivity contribution is 6.19. The molecule has 3 aromatic carbocycles. The maximum Gasteiger partial charge on any atom is 0.307 e. The van der Waals surface area contributed by atoms with Crippen LogP contribution in [-0.4, -0.2) is 36.9 Å². The number of methoxy groups -OCH3 is 2. The van der Waals surface area contributed by atoms with E-state index in [9.17, 15) is 19.5 Å². The zero-order valence-corrected chi connectivity index (χ0v) is 19.4. The highest BCUT2D eigenvalue weighted by Gasteiger charge is 2.31. The number of aliphatic carboxylic acids is 1. The van der Waals surface area contributed by atoms with E-state index in [2.05, 4.69) is 6.58 Å². The van der Waals surface area contributed by atoms with Crippen LogP contribution >= 0.6 is 0 Å². The molecule has 0 atom stereocenters. The minimum Gasteiger partial charge on any atom is -0.497 e. The second-order valence-electron chi connectivity index (χ2n) is 7.53. The number of allylic oxidation sites excluding steroid dienone is 1. The number of carbonyl (C=O) groups excluding carboxylic acids is 2. The van der Waals surface area contributed by atoms with E-state index < -0.39 is 24.0 Å². The lowest BCUT2D eigenvalue weighted by atomic mass is 9.80. The Morgan fingerprint density at radius 1 is 0.912 bits per heavy atom. The second kappa shape index (κ2) is 10.6. The van der Waals surface area contributed by atoms with Gasteiger partial charge in [-0.15, -0.1) is 0 Å². The van der Waals surface area contributed by atoms with Crippen molar-refractivity contribution in [2.75, 3.05) is 14.2 Å². The van der Waals surface area contributed by atoms with Gasteiger partial charge < -0.3 is 14.6 Å². The van der Waals surface area contributed by atoms with Crippen LogP contribution in [-0.2, 0) is 17.6 Å². The first-order chi connectivity index (χ1) is 16.4. The van der Waals surface area contributed by atoms with E-state index in [-0.39, 0.29) is 22.4 Å². The monoisotopic (exact) mass is 458 g/mol. The number of carbonyl (C=O) groups is 3. The van der Waals surface area contributed by atoms with Gasteiger partial charge in [0.1, 0.15) is 11.5 Å². The Bertz CT molecular complexity index is 1240. The maximum absolute atomic E-state index is 14.0. The number of ether oxygens (including phenoxy) is 2. The summed E-state index contributed by atoms with van der Waals surface area (Å²) in [6.07, 6.45) is 1.01. The van der Waals surface area contributed by atoms with Gasteiger partial charge in [0, 0.05) is 22.3 Å². The van der Waals surface area contributed by atoms with E-state index in [4.69, 9.17) is 9.47 Å². The molecule has 1 N–H and O–H groups in total. The fraction of sp³-hybridized carbons (Fsp3) is 0.179. The molecule has 6 heteroatoms. The summed E-state index contributed by atoms with van der Waals surface area (Å²) in [4.78, 5) is 38.9. The molecule has 0 saturated carbocycles. The normalized spacial score (nSPS) is 10.4.